The topological polar surface area (TPSA) is 58.2 Å². The first kappa shape index (κ1) is 17.2. The largest absolute Gasteiger partial charge is 0.355 e. The molecule has 0 saturated carbocycles. The van der Waals surface area contributed by atoms with Crippen molar-refractivity contribution in [3.63, 3.8) is 0 Å². The van der Waals surface area contributed by atoms with Gasteiger partial charge in [-0.15, -0.1) is 0 Å². The van der Waals surface area contributed by atoms with Gasteiger partial charge in [-0.1, -0.05) is 50.6 Å². The average Bonchev–Trinajstić information content (AvgIpc) is 2.38. The predicted octanol–water partition coefficient (Wildman–Crippen LogP) is 2.72. The molecule has 4 heteroatoms. The van der Waals surface area contributed by atoms with E-state index in [-0.39, 0.29) is 24.3 Å². The first-order valence-corrected chi connectivity index (χ1v) is 7.34. The highest BCUT2D eigenvalue weighted by Crippen LogP contribution is 2.13. The summed E-state index contributed by atoms with van der Waals surface area (Å²) in [6.07, 6.45) is 0.290. The molecule has 4 nitrogen and oxygen atoms in total. The molecule has 0 aliphatic carbocycles. The molecule has 2 N–H and O–H groups in total. The van der Waals surface area contributed by atoms with Crippen molar-refractivity contribution in [2.45, 2.75) is 47.1 Å². The third-order valence-corrected chi connectivity index (χ3v) is 3.27. The molecule has 0 saturated heterocycles. The molecule has 0 aromatic heterocycles. The van der Waals surface area contributed by atoms with E-state index in [0.717, 1.165) is 5.56 Å². The van der Waals surface area contributed by atoms with Gasteiger partial charge in [-0.25, -0.2) is 0 Å². The fourth-order valence-corrected chi connectivity index (χ4v) is 1.81. The van der Waals surface area contributed by atoms with Crippen LogP contribution in [0.4, 0.5) is 0 Å². The van der Waals surface area contributed by atoms with E-state index in [1.807, 2.05) is 58.9 Å². The molecule has 0 heterocycles. The number of carbonyl (C=O) groups excluding carboxylic acids is 2. The maximum atomic E-state index is 11.9. The molecule has 0 spiro atoms. The summed E-state index contributed by atoms with van der Waals surface area (Å²) < 4.78 is 0. The Kier molecular flexibility index (Phi) is 5.94. The van der Waals surface area contributed by atoms with E-state index >= 15 is 0 Å². The van der Waals surface area contributed by atoms with Crippen molar-refractivity contribution in [2.24, 2.45) is 5.41 Å². The van der Waals surface area contributed by atoms with Crippen LogP contribution in [0.25, 0.3) is 0 Å². The minimum absolute atomic E-state index is 0.0311. The zero-order valence-electron chi connectivity index (χ0n) is 13.6. The molecule has 0 aliphatic heterocycles. The summed E-state index contributed by atoms with van der Waals surface area (Å²) in [4.78, 5) is 23.5. The second-order valence-corrected chi connectivity index (χ2v) is 6.46. The summed E-state index contributed by atoms with van der Waals surface area (Å²) in [5, 5.41) is 5.71. The lowest BCUT2D eigenvalue weighted by molar-refractivity contribution is -0.128. The van der Waals surface area contributed by atoms with Gasteiger partial charge in [-0.2, -0.15) is 0 Å². The van der Waals surface area contributed by atoms with Crippen LogP contribution < -0.4 is 10.6 Å². The lowest BCUT2D eigenvalue weighted by atomic mass is 9.96. The predicted molar refractivity (Wildman–Crippen MR) is 84.8 cm³/mol. The molecule has 1 unspecified atom stereocenters. The standard InChI is InChI=1S/C17H26N2O2/c1-12-6-8-14(9-7-12)13(2)19-15(20)10-11-18-16(21)17(3,4)5/h6-9,13H,10-11H2,1-5H3,(H,18,21)(H,19,20). The summed E-state index contributed by atoms with van der Waals surface area (Å²) in [5.74, 6) is -0.0980. The van der Waals surface area contributed by atoms with Crippen molar-refractivity contribution in [3.8, 4) is 0 Å². The highest BCUT2D eigenvalue weighted by atomic mass is 16.2. The Morgan fingerprint density at radius 3 is 2.24 bits per heavy atom. The molecule has 2 amide bonds. The average molecular weight is 290 g/mol. The van der Waals surface area contributed by atoms with Gasteiger partial charge < -0.3 is 10.6 Å². The van der Waals surface area contributed by atoms with Crippen LogP contribution in [0.15, 0.2) is 24.3 Å². The van der Waals surface area contributed by atoms with Gasteiger partial charge in [0.05, 0.1) is 6.04 Å². The number of carbonyl (C=O) groups is 2. The van der Waals surface area contributed by atoms with Crippen LogP contribution >= 0.6 is 0 Å². The fraction of sp³-hybridized carbons (Fsp3) is 0.529. The van der Waals surface area contributed by atoms with Crippen molar-refractivity contribution in [2.75, 3.05) is 6.54 Å². The lowest BCUT2D eigenvalue weighted by Crippen LogP contribution is -2.37. The van der Waals surface area contributed by atoms with Gasteiger partial charge in [0.15, 0.2) is 0 Å². The van der Waals surface area contributed by atoms with Crippen molar-refractivity contribution >= 4 is 11.8 Å². The van der Waals surface area contributed by atoms with Gasteiger partial charge in [-0.3, -0.25) is 9.59 Å². The molecule has 1 rings (SSSR count). The van der Waals surface area contributed by atoms with Crippen molar-refractivity contribution in [1.29, 1.82) is 0 Å². The van der Waals surface area contributed by atoms with Crippen LogP contribution in [-0.4, -0.2) is 18.4 Å². The van der Waals surface area contributed by atoms with Gasteiger partial charge >= 0.3 is 0 Å². The van der Waals surface area contributed by atoms with Gasteiger partial charge in [0, 0.05) is 18.4 Å². The van der Waals surface area contributed by atoms with E-state index in [2.05, 4.69) is 10.6 Å². The molecule has 0 aliphatic rings. The summed E-state index contributed by atoms with van der Waals surface area (Å²) in [7, 11) is 0. The summed E-state index contributed by atoms with van der Waals surface area (Å²) in [5.41, 5.74) is 1.85. The van der Waals surface area contributed by atoms with Crippen LogP contribution in [0, 0.1) is 12.3 Å². The normalized spacial score (nSPS) is 12.6. The highest BCUT2D eigenvalue weighted by Gasteiger charge is 2.20. The monoisotopic (exact) mass is 290 g/mol. The Morgan fingerprint density at radius 2 is 1.71 bits per heavy atom. The van der Waals surface area contributed by atoms with Crippen LogP contribution in [-0.2, 0) is 9.59 Å². The SMILES string of the molecule is Cc1ccc(C(C)NC(=O)CCNC(=O)C(C)(C)C)cc1. The highest BCUT2D eigenvalue weighted by molar-refractivity contribution is 5.82. The van der Waals surface area contributed by atoms with E-state index in [1.54, 1.807) is 0 Å². The Hall–Kier alpha value is -1.84. The molecule has 1 atom stereocenters. The summed E-state index contributed by atoms with van der Waals surface area (Å²) in [6, 6.07) is 8.06. The molecule has 0 radical (unpaired) electrons. The molecule has 0 fully saturated rings. The van der Waals surface area contributed by atoms with Crippen LogP contribution in [0.1, 0.15) is 51.3 Å². The fourth-order valence-electron chi connectivity index (χ4n) is 1.81. The Morgan fingerprint density at radius 1 is 1.14 bits per heavy atom. The number of benzene rings is 1. The zero-order chi connectivity index (χ0) is 16.0. The first-order chi connectivity index (χ1) is 9.70. The summed E-state index contributed by atoms with van der Waals surface area (Å²) >= 11 is 0. The van der Waals surface area contributed by atoms with E-state index in [4.69, 9.17) is 0 Å². The smallest absolute Gasteiger partial charge is 0.225 e. The van der Waals surface area contributed by atoms with Crippen LogP contribution in [0.5, 0.6) is 0 Å². The number of hydrogen-bond acceptors (Lipinski definition) is 2. The molecule has 1 aromatic carbocycles. The number of hydrogen-bond donors (Lipinski definition) is 2. The molecule has 21 heavy (non-hydrogen) atoms. The van der Waals surface area contributed by atoms with Crippen molar-refractivity contribution < 1.29 is 9.59 Å². The van der Waals surface area contributed by atoms with Gasteiger partial charge in [0.2, 0.25) is 11.8 Å². The number of rotatable bonds is 5. The summed E-state index contributed by atoms with van der Waals surface area (Å²) in [6.45, 7) is 9.90. The van der Waals surface area contributed by atoms with Crippen molar-refractivity contribution in [3.05, 3.63) is 35.4 Å². The van der Waals surface area contributed by atoms with E-state index in [9.17, 15) is 9.59 Å². The number of nitrogens with one attached hydrogen (secondary N) is 2. The molecular weight excluding hydrogens is 264 g/mol. The van der Waals surface area contributed by atoms with Gasteiger partial charge in [0.25, 0.3) is 0 Å². The van der Waals surface area contributed by atoms with E-state index in [1.165, 1.54) is 5.56 Å². The third-order valence-electron chi connectivity index (χ3n) is 3.27. The lowest BCUT2D eigenvalue weighted by Gasteiger charge is -2.18. The first-order valence-electron chi connectivity index (χ1n) is 7.34. The van der Waals surface area contributed by atoms with E-state index < -0.39 is 5.41 Å². The second-order valence-electron chi connectivity index (χ2n) is 6.46. The number of aryl methyl sites for hydroxylation is 1. The van der Waals surface area contributed by atoms with Gasteiger partial charge in [0.1, 0.15) is 0 Å². The molecule has 116 valence electrons. The van der Waals surface area contributed by atoms with Crippen molar-refractivity contribution in [1.82, 2.24) is 10.6 Å². The van der Waals surface area contributed by atoms with Gasteiger partial charge in [-0.05, 0) is 19.4 Å². The Labute approximate surface area is 127 Å². The second kappa shape index (κ2) is 7.25. The van der Waals surface area contributed by atoms with Crippen LogP contribution in [0.3, 0.4) is 0 Å². The molecule has 0 bridgehead atoms. The maximum Gasteiger partial charge on any atom is 0.225 e. The quantitative estimate of drug-likeness (QED) is 0.876. The Bertz CT molecular complexity index is 487. The number of amides is 2. The zero-order valence-corrected chi connectivity index (χ0v) is 13.6. The third kappa shape index (κ3) is 5.98. The molecular formula is C17H26N2O2. The van der Waals surface area contributed by atoms with Crippen LogP contribution in [0.2, 0.25) is 0 Å². The molecule has 1 aromatic rings. The minimum atomic E-state index is -0.425. The van der Waals surface area contributed by atoms with E-state index in [0.29, 0.717) is 6.54 Å². The minimum Gasteiger partial charge on any atom is -0.355 e. The Balaban J connectivity index is 2.37. The maximum absolute atomic E-state index is 11.9.